The Balaban J connectivity index is 1.67. The van der Waals surface area contributed by atoms with E-state index in [2.05, 4.69) is 0 Å². The molecule has 10 heteroatoms. The fourth-order valence-electron chi connectivity index (χ4n) is 3.44. The lowest BCUT2D eigenvalue weighted by atomic mass is 10.1. The number of amides is 1. The first kappa shape index (κ1) is 22.7. The fourth-order valence-corrected chi connectivity index (χ4v) is 4.86. The van der Waals surface area contributed by atoms with E-state index < -0.39 is 16.9 Å². The number of carbonyl (C=O) groups is 2. The highest BCUT2D eigenvalue weighted by molar-refractivity contribution is 8.03. The zero-order chi connectivity index (χ0) is 23.2. The maximum Gasteiger partial charge on any atom is 0.254 e. The molecular formula is C22H19Cl2N3O4S. The Kier molecular flexibility index (Phi) is 6.26. The van der Waals surface area contributed by atoms with Gasteiger partial charge in [0, 0.05) is 11.6 Å². The van der Waals surface area contributed by atoms with Gasteiger partial charge in [-0.25, -0.2) is 0 Å². The van der Waals surface area contributed by atoms with Crippen LogP contribution in [0.4, 0.5) is 5.69 Å². The zero-order valence-corrected chi connectivity index (χ0v) is 19.6. The molecule has 2 aromatic rings. The van der Waals surface area contributed by atoms with Crippen LogP contribution in [0.25, 0.3) is 0 Å². The minimum Gasteiger partial charge on any atom is -0.453 e. The number of anilines is 1. The van der Waals surface area contributed by atoms with Gasteiger partial charge in [-0.1, -0.05) is 23.2 Å². The molecule has 2 aliphatic rings. The first-order chi connectivity index (χ1) is 15.2. The largest absolute Gasteiger partial charge is 0.453 e. The summed E-state index contributed by atoms with van der Waals surface area (Å²) in [5.41, 5.74) is 1.04. The molecule has 1 aromatic heterocycles. The number of pyridine rings is 1. The van der Waals surface area contributed by atoms with Gasteiger partial charge in [0.1, 0.15) is 5.75 Å². The summed E-state index contributed by atoms with van der Waals surface area (Å²) >= 11 is 13.7. The molecule has 1 amide bonds. The van der Waals surface area contributed by atoms with Crippen molar-refractivity contribution in [3.8, 4) is 17.6 Å². The molecule has 32 heavy (non-hydrogen) atoms. The predicted molar refractivity (Wildman–Crippen MR) is 124 cm³/mol. The standard InChI is InChI=1S/C22H19Cl2N3O4S/c1-11(2)26-10-14(7-15(22(26)30)12-3-4-12)31-21-16(23)5-13(6-17(21)24)27-20(29)8-18(28)19(9-25)32-27/h5-7,10-12,19H,3-4,8H2,1-2H3. The lowest BCUT2D eigenvalue weighted by molar-refractivity contribution is -0.125. The van der Waals surface area contributed by atoms with Crippen molar-refractivity contribution in [3.63, 3.8) is 0 Å². The number of carbonyl (C=O) groups excluding carboxylic acids is 2. The van der Waals surface area contributed by atoms with Gasteiger partial charge in [0.25, 0.3) is 5.56 Å². The summed E-state index contributed by atoms with van der Waals surface area (Å²) < 4.78 is 8.87. The van der Waals surface area contributed by atoms with E-state index in [1.807, 2.05) is 19.9 Å². The fraction of sp³-hybridized carbons (Fsp3) is 0.364. The van der Waals surface area contributed by atoms with Crippen molar-refractivity contribution < 1.29 is 14.3 Å². The minimum absolute atomic E-state index is 0.0235. The highest BCUT2D eigenvalue weighted by Crippen LogP contribution is 2.44. The predicted octanol–water partition coefficient (Wildman–Crippen LogP) is 5.25. The quantitative estimate of drug-likeness (QED) is 0.418. The monoisotopic (exact) mass is 491 g/mol. The third-order valence-electron chi connectivity index (χ3n) is 5.23. The number of halogens is 2. The second kappa shape index (κ2) is 8.81. The van der Waals surface area contributed by atoms with Crippen molar-refractivity contribution in [1.82, 2.24) is 4.57 Å². The first-order valence-electron chi connectivity index (χ1n) is 10.0. The van der Waals surface area contributed by atoms with Crippen LogP contribution in [-0.4, -0.2) is 21.5 Å². The Morgan fingerprint density at radius 2 is 1.81 bits per heavy atom. The van der Waals surface area contributed by atoms with Crippen molar-refractivity contribution in [2.45, 2.75) is 50.3 Å². The molecular weight excluding hydrogens is 473 g/mol. The third-order valence-corrected chi connectivity index (χ3v) is 6.99. The molecule has 4 rings (SSSR count). The lowest BCUT2D eigenvalue weighted by Gasteiger charge is -2.27. The van der Waals surface area contributed by atoms with Gasteiger partial charge < -0.3 is 9.30 Å². The van der Waals surface area contributed by atoms with Crippen molar-refractivity contribution in [3.05, 3.63) is 50.4 Å². The van der Waals surface area contributed by atoms with Gasteiger partial charge in [-0.15, -0.1) is 0 Å². The molecule has 1 saturated carbocycles. The summed E-state index contributed by atoms with van der Waals surface area (Å²) in [4.78, 5) is 36.9. The number of rotatable bonds is 5. The van der Waals surface area contributed by atoms with Gasteiger partial charge in [-0.2, -0.15) is 5.26 Å². The van der Waals surface area contributed by atoms with Gasteiger partial charge in [-0.3, -0.25) is 18.7 Å². The maximum atomic E-state index is 12.7. The van der Waals surface area contributed by atoms with Crippen LogP contribution >= 0.6 is 35.1 Å². The Morgan fingerprint density at radius 1 is 1.16 bits per heavy atom. The molecule has 0 bridgehead atoms. The third kappa shape index (κ3) is 4.38. The molecule has 1 aliphatic heterocycles. The Labute approximate surface area is 199 Å². The van der Waals surface area contributed by atoms with Crippen LogP contribution in [0.5, 0.6) is 11.5 Å². The summed E-state index contributed by atoms with van der Waals surface area (Å²) in [5, 5.41) is 8.49. The summed E-state index contributed by atoms with van der Waals surface area (Å²) in [6, 6.07) is 6.57. The van der Waals surface area contributed by atoms with Crippen LogP contribution in [0.1, 0.15) is 50.6 Å². The van der Waals surface area contributed by atoms with Crippen molar-refractivity contribution >= 4 is 52.5 Å². The highest BCUT2D eigenvalue weighted by atomic mass is 35.5. The number of ether oxygens (including phenoxy) is 1. The van der Waals surface area contributed by atoms with Gasteiger partial charge in [-0.05, 0) is 62.8 Å². The van der Waals surface area contributed by atoms with E-state index in [0.29, 0.717) is 17.0 Å². The van der Waals surface area contributed by atoms with Crippen LogP contribution in [0, 0.1) is 11.3 Å². The highest BCUT2D eigenvalue weighted by Gasteiger charge is 2.35. The van der Waals surface area contributed by atoms with Crippen molar-refractivity contribution in [2.75, 3.05) is 4.31 Å². The number of hydrogen-bond acceptors (Lipinski definition) is 6. The molecule has 7 nitrogen and oxygen atoms in total. The Hall–Kier alpha value is -2.47. The van der Waals surface area contributed by atoms with E-state index >= 15 is 0 Å². The maximum absolute atomic E-state index is 12.7. The number of hydrogen-bond donors (Lipinski definition) is 0. The summed E-state index contributed by atoms with van der Waals surface area (Å²) in [6.45, 7) is 3.84. The van der Waals surface area contributed by atoms with E-state index in [9.17, 15) is 14.4 Å². The van der Waals surface area contributed by atoms with Gasteiger partial charge in [0.15, 0.2) is 16.8 Å². The average Bonchev–Trinajstić information content (AvgIpc) is 3.56. The van der Waals surface area contributed by atoms with Crippen LogP contribution in [0.3, 0.4) is 0 Å². The van der Waals surface area contributed by atoms with E-state index in [0.717, 1.165) is 24.8 Å². The molecule has 1 unspecified atom stereocenters. The molecule has 2 heterocycles. The van der Waals surface area contributed by atoms with Crippen molar-refractivity contribution in [1.29, 1.82) is 5.26 Å². The van der Waals surface area contributed by atoms with Crippen LogP contribution < -0.4 is 14.6 Å². The molecule has 1 aromatic carbocycles. The normalized spacial score (nSPS) is 18.8. The van der Waals surface area contributed by atoms with Crippen LogP contribution in [0.2, 0.25) is 10.0 Å². The zero-order valence-electron chi connectivity index (χ0n) is 17.3. The van der Waals surface area contributed by atoms with Crippen LogP contribution in [0.15, 0.2) is 29.2 Å². The average molecular weight is 492 g/mol. The van der Waals surface area contributed by atoms with Crippen LogP contribution in [-0.2, 0) is 9.59 Å². The van der Waals surface area contributed by atoms with E-state index in [1.54, 1.807) is 16.8 Å². The van der Waals surface area contributed by atoms with Gasteiger partial charge in [0.2, 0.25) is 5.91 Å². The topological polar surface area (TPSA) is 92.4 Å². The number of nitriles is 1. The van der Waals surface area contributed by atoms with E-state index in [1.165, 1.54) is 16.4 Å². The molecule has 1 atom stereocenters. The number of nitrogens with zero attached hydrogens (tertiary/aromatic N) is 3. The Morgan fingerprint density at radius 3 is 2.38 bits per heavy atom. The number of ketones is 1. The molecule has 2 fully saturated rings. The summed E-state index contributed by atoms with van der Waals surface area (Å²) in [6.07, 6.45) is 3.22. The van der Waals surface area contributed by atoms with E-state index in [4.69, 9.17) is 33.2 Å². The molecule has 0 radical (unpaired) electrons. The SMILES string of the molecule is CC(C)n1cc(Oc2c(Cl)cc(N3SC(C#N)C(=O)CC3=O)cc2Cl)cc(C2CC2)c1=O. The second-order valence-corrected chi connectivity index (χ2v) is 9.86. The molecule has 166 valence electrons. The molecule has 1 aliphatic carbocycles. The smallest absolute Gasteiger partial charge is 0.254 e. The number of benzene rings is 1. The second-order valence-electron chi connectivity index (χ2n) is 8.00. The summed E-state index contributed by atoms with van der Waals surface area (Å²) in [5.74, 6) is -0.0132. The van der Waals surface area contributed by atoms with Gasteiger partial charge in [0.05, 0.1) is 34.4 Å². The molecule has 0 N–H and O–H groups in total. The minimum atomic E-state index is -0.973. The lowest BCUT2D eigenvalue weighted by Crippen LogP contribution is -2.37. The number of aromatic nitrogens is 1. The van der Waals surface area contributed by atoms with E-state index in [-0.39, 0.29) is 39.7 Å². The summed E-state index contributed by atoms with van der Waals surface area (Å²) in [7, 11) is 0. The molecule has 0 spiro atoms. The first-order valence-corrected chi connectivity index (χ1v) is 11.6. The Bertz CT molecular complexity index is 1170. The molecule has 1 saturated heterocycles. The van der Waals surface area contributed by atoms with Crippen molar-refractivity contribution in [2.24, 2.45) is 0 Å². The number of Topliss-reactive ketones (excluding diaryl/α,β-unsaturated/α-hetero) is 1. The van der Waals surface area contributed by atoms with Gasteiger partial charge >= 0.3 is 0 Å².